The molecule has 23 heavy (non-hydrogen) atoms. The van der Waals surface area contributed by atoms with Crippen LogP contribution >= 0.6 is 0 Å². The number of hydrogen-bond donors (Lipinski definition) is 2. The van der Waals surface area contributed by atoms with Gasteiger partial charge in [-0.2, -0.15) is 0 Å². The van der Waals surface area contributed by atoms with Gasteiger partial charge in [0.25, 0.3) is 5.69 Å². The number of benzene rings is 2. The lowest BCUT2D eigenvalue weighted by atomic mass is 10.1. The lowest BCUT2D eigenvalue weighted by Gasteiger charge is -2.14. The highest BCUT2D eigenvalue weighted by molar-refractivity contribution is 5.93. The first-order valence-electron chi connectivity index (χ1n) is 7.30. The summed E-state index contributed by atoms with van der Waals surface area (Å²) in [5.74, 6) is -0.239. The maximum Gasteiger partial charge on any atom is 0.271 e. The molecule has 0 aliphatic carbocycles. The third kappa shape index (κ3) is 4.62. The van der Waals surface area contributed by atoms with Crippen molar-refractivity contribution >= 4 is 17.3 Å². The molecule has 0 saturated heterocycles. The molecular formula is C17H19N3O3. The Labute approximate surface area is 134 Å². The second kappa shape index (κ2) is 7.51. The van der Waals surface area contributed by atoms with E-state index in [-0.39, 0.29) is 24.2 Å². The summed E-state index contributed by atoms with van der Waals surface area (Å²) >= 11 is 0. The predicted octanol–water partition coefficient (Wildman–Crippen LogP) is 3.19. The van der Waals surface area contributed by atoms with Crippen molar-refractivity contribution in [1.82, 2.24) is 5.32 Å². The summed E-state index contributed by atoms with van der Waals surface area (Å²) in [6, 6.07) is 14.2. The average molecular weight is 313 g/mol. The predicted molar refractivity (Wildman–Crippen MR) is 89.3 cm³/mol. The Morgan fingerprint density at radius 3 is 2.57 bits per heavy atom. The van der Waals surface area contributed by atoms with Gasteiger partial charge in [0.2, 0.25) is 5.91 Å². The van der Waals surface area contributed by atoms with Crippen molar-refractivity contribution in [3.63, 3.8) is 0 Å². The van der Waals surface area contributed by atoms with E-state index >= 15 is 0 Å². The molecule has 0 unspecified atom stereocenters. The largest absolute Gasteiger partial charge is 0.324 e. The van der Waals surface area contributed by atoms with Gasteiger partial charge in [0.15, 0.2) is 0 Å². The van der Waals surface area contributed by atoms with Crippen LogP contribution in [0.3, 0.4) is 0 Å². The maximum absolute atomic E-state index is 12.0. The van der Waals surface area contributed by atoms with Gasteiger partial charge in [-0.15, -0.1) is 0 Å². The van der Waals surface area contributed by atoms with E-state index in [1.165, 1.54) is 12.1 Å². The van der Waals surface area contributed by atoms with E-state index in [1.807, 2.05) is 37.3 Å². The van der Waals surface area contributed by atoms with E-state index in [4.69, 9.17) is 0 Å². The van der Waals surface area contributed by atoms with Crippen LogP contribution < -0.4 is 10.6 Å². The molecule has 1 amide bonds. The van der Waals surface area contributed by atoms with E-state index in [0.29, 0.717) is 5.69 Å². The zero-order valence-corrected chi connectivity index (χ0v) is 13.1. The second-order valence-electron chi connectivity index (χ2n) is 5.32. The number of carbonyl (C=O) groups excluding carboxylic acids is 1. The van der Waals surface area contributed by atoms with Crippen molar-refractivity contribution in [2.24, 2.45) is 0 Å². The molecule has 1 atom stereocenters. The number of nitro groups is 1. The molecule has 2 N–H and O–H groups in total. The van der Waals surface area contributed by atoms with Gasteiger partial charge in [0.1, 0.15) is 0 Å². The van der Waals surface area contributed by atoms with Gasteiger partial charge in [-0.1, -0.05) is 36.4 Å². The van der Waals surface area contributed by atoms with Gasteiger partial charge in [-0.3, -0.25) is 14.9 Å². The number of non-ortho nitro benzene ring substituents is 1. The van der Waals surface area contributed by atoms with E-state index in [1.54, 1.807) is 13.0 Å². The number of carbonyl (C=O) groups is 1. The molecule has 0 aliphatic heterocycles. The first-order valence-corrected chi connectivity index (χ1v) is 7.30. The fourth-order valence-corrected chi connectivity index (χ4v) is 2.16. The summed E-state index contributed by atoms with van der Waals surface area (Å²) < 4.78 is 0. The zero-order valence-electron chi connectivity index (χ0n) is 13.1. The first kappa shape index (κ1) is 16.6. The number of nitrogens with one attached hydrogen (secondary N) is 2. The summed E-state index contributed by atoms with van der Waals surface area (Å²) in [5, 5.41) is 16.6. The first-order chi connectivity index (χ1) is 11.0. The number of nitro benzene ring substituents is 1. The molecule has 0 bridgehead atoms. The molecule has 0 radical (unpaired) electrons. The monoisotopic (exact) mass is 313 g/mol. The molecule has 120 valence electrons. The summed E-state index contributed by atoms with van der Waals surface area (Å²) in [6.45, 7) is 3.89. The van der Waals surface area contributed by atoms with Crippen molar-refractivity contribution < 1.29 is 9.72 Å². The van der Waals surface area contributed by atoms with Gasteiger partial charge >= 0.3 is 0 Å². The fraction of sp³-hybridized carbons (Fsp3) is 0.235. The second-order valence-corrected chi connectivity index (χ2v) is 5.32. The number of nitrogens with zero attached hydrogens (tertiary/aromatic N) is 1. The molecule has 6 heteroatoms. The molecule has 0 aliphatic rings. The van der Waals surface area contributed by atoms with Crippen LogP contribution in [0.15, 0.2) is 48.5 Å². The van der Waals surface area contributed by atoms with Gasteiger partial charge in [-0.05, 0) is 25.0 Å². The number of amides is 1. The molecule has 0 heterocycles. The Balaban J connectivity index is 1.95. The Morgan fingerprint density at radius 2 is 1.91 bits per heavy atom. The van der Waals surface area contributed by atoms with Gasteiger partial charge < -0.3 is 10.6 Å². The highest BCUT2D eigenvalue weighted by atomic mass is 16.6. The van der Waals surface area contributed by atoms with Crippen LogP contribution in [0, 0.1) is 17.0 Å². The Hall–Kier alpha value is -2.73. The average Bonchev–Trinajstić information content (AvgIpc) is 2.55. The van der Waals surface area contributed by atoms with E-state index in [0.717, 1.165) is 11.1 Å². The maximum atomic E-state index is 12.0. The summed E-state index contributed by atoms with van der Waals surface area (Å²) in [4.78, 5) is 22.4. The molecule has 0 spiro atoms. The quantitative estimate of drug-likeness (QED) is 0.633. The van der Waals surface area contributed by atoms with Gasteiger partial charge in [-0.25, -0.2) is 0 Å². The Morgan fingerprint density at radius 1 is 1.22 bits per heavy atom. The number of aryl methyl sites for hydroxylation is 1. The molecule has 0 saturated carbocycles. The van der Waals surface area contributed by atoms with Crippen molar-refractivity contribution in [3.8, 4) is 0 Å². The topological polar surface area (TPSA) is 84.3 Å². The number of hydrogen-bond acceptors (Lipinski definition) is 4. The van der Waals surface area contributed by atoms with Crippen LogP contribution in [0.5, 0.6) is 0 Å². The highest BCUT2D eigenvalue weighted by Gasteiger charge is 2.12. The third-order valence-electron chi connectivity index (χ3n) is 3.57. The molecule has 6 nitrogen and oxygen atoms in total. The minimum Gasteiger partial charge on any atom is -0.324 e. The van der Waals surface area contributed by atoms with Crippen LogP contribution in [-0.4, -0.2) is 17.4 Å². The normalized spacial score (nSPS) is 11.7. The smallest absolute Gasteiger partial charge is 0.271 e. The summed E-state index contributed by atoms with van der Waals surface area (Å²) in [5.41, 5.74) is 2.28. The van der Waals surface area contributed by atoms with Crippen molar-refractivity contribution in [3.05, 3.63) is 69.8 Å². The lowest BCUT2D eigenvalue weighted by molar-refractivity contribution is -0.384. The molecule has 2 rings (SSSR count). The Bertz CT molecular complexity index is 701. The third-order valence-corrected chi connectivity index (χ3v) is 3.57. The molecule has 2 aromatic rings. The number of anilines is 1. The van der Waals surface area contributed by atoms with Crippen LogP contribution in [0.2, 0.25) is 0 Å². The van der Waals surface area contributed by atoms with Crippen molar-refractivity contribution in [2.45, 2.75) is 19.9 Å². The molecule has 2 aromatic carbocycles. The minimum atomic E-state index is -0.481. The SMILES string of the molecule is Cc1ccc([N+](=O)[O-])cc1NC(=O)CN[C@@H](C)c1ccccc1. The lowest BCUT2D eigenvalue weighted by Crippen LogP contribution is -2.30. The van der Waals surface area contributed by atoms with E-state index in [2.05, 4.69) is 10.6 Å². The summed E-state index contributed by atoms with van der Waals surface area (Å²) in [7, 11) is 0. The van der Waals surface area contributed by atoms with E-state index in [9.17, 15) is 14.9 Å². The molecule has 0 fully saturated rings. The summed E-state index contributed by atoms with van der Waals surface area (Å²) in [6.07, 6.45) is 0. The molecular weight excluding hydrogens is 294 g/mol. The fourth-order valence-electron chi connectivity index (χ4n) is 2.16. The van der Waals surface area contributed by atoms with Crippen molar-refractivity contribution in [1.29, 1.82) is 0 Å². The van der Waals surface area contributed by atoms with Crippen LogP contribution in [0.25, 0.3) is 0 Å². The highest BCUT2D eigenvalue weighted by Crippen LogP contribution is 2.21. The van der Waals surface area contributed by atoms with Crippen molar-refractivity contribution in [2.75, 3.05) is 11.9 Å². The van der Waals surface area contributed by atoms with Crippen LogP contribution in [-0.2, 0) is 4.79 Å². The van der Waals surface area contributed by atoms with E-state index < -0.39 is 4.92 Å². The zero-order chi connectivity index (χ0) is 16.8. The van der Waals surface area contributed by atoms with Crippen LogP contribution in [0.4, 0.5) is 11.4 Å². The standard InChI is InChI=1S/C17H19N3O3/c1-12-8-9-15(20(22)23)10-16(12)19-17(21)11-18-13(2)14-6-4-3-5-7-14/h3-10,13,18H,11H2,1-2H3,(H,19,21)/t13-/m0/s1. The van der Waals surface area contributed by atoms with Gasteiger partial charge in [0.05, 0.1) is 17.2 Å². The number of rotatable bonds is 6. The molecule has 0 aromatic heterocycles. The van der Waals surface area contributed by atoms with Crippen LogP contribution in [0.1, 0.15) is 24.1 Å². The Kier molecular flexibility index (Phi) is 5.43. The van der Waals surface area contributed by atoms with Gasteiger partial charge in [0, 0.05) is 18.2 Å². The minimum absolute atomic E-state index is 0.0353.